The first-order chi connectivity index (χ1) is 9.55. The van der Waals surface area contributed by atoms with Crippen LogP contribution < -0.4 is 0 Å². The summed E-state index contributed by atoms with van der Waals surface area (Å²) < 4.78 is 7.20. The van der Waals surface area contributed by atoms with E-state index in [1.165, 1.54) is 0 Å². The molecule has 0 N–H and O–H groups in total. The van der Waals surface area contributed by atoms with Crippen molar-refractivity contribution < 1.29 is 9.53 Å². The number of carbonyl (C=O) groups excluding carboxylic acids is 1. The van der Waals surface area contributed by atoms with Crippen LogP contribution in [0.5, 0.6) is 0 Å². The lowest BCUT2D eigenvalue weighted by molar-refractivity contribution is -0.00296. The molecule has 0 radical (unpaired) electrons. The minimum absolute atomic E-state index is 0.120. The standard InChI is InChI=1S/C15H23N3O2/c1-15-7-9-18(13(15)5-4-11(10-15)20-3)14(19)12-6-8-16-17(12)2/h6,8,11,13H,4-5,7,9-10H2,1-3H3/t11-,13-,15+/m1/s1. The van der Waals surface area contributed by atoms with Gasteiger partial charge in [0.05, 0.1) is 6.10 Å². The monoisotopic (exact) mass is 277 g/mol. The van der Waals surface area contributed by atoms with Gasteiger partial charge in [-0.3, -0.25) is 9.48 Å². The van der Waals surface area contributed by atoms with E-state index in [1.54, 1.807) is 24.1 Å². The van der Waals surface area contributed by atoms with E-state index in [0.717, 1.165) is 32.2 Å². The topological polar surface area (TPSA) is 47.4 Å². The Morgan fingerprint density at radius 2 is 2.30 bits per heavy atom. The first-order valence-corrected chi connectivity index (χ1v) is 7.37. The quantitative estimate of drug-likeness (QED) is 0.828. The molecule has 1 aromatic heterocycles. The lowest BCUT2D eigenvalue weighted by atomic mass is 9.71. The molecule has 5 nitrogen and oxygen atoms in total. The van der Waals surface area contributed by atoms with Crippen LogP contribution in [0.25, 0.3) is 0 Å². The third-order valence-corrected chi connectivity index (χ3v) is 5.19. The van der Waals surface area contributed by atoms with Crippen molar-refractivity contribution in [3.8, 4) is 0 Å². The summed E-state index contributed by atoms with van der Waals surface area (Å²) in [4.78, 5) is 14.8. The van der Waals surface area contributed by atoms with E-state index in [1.807, 2.05) is 7.05 Å². The highest BCUT2D eigenvalue weighted by Crippen LogP contribution is 2.47. The van der Waals surface area contributed by atoms with Crippen molar-refractivity contribution in [2.24, 2.45) is 12.5 Å². The molecule has 2 aliphatic rings. The fourth-order valence-corrected chi connectivity index (χ4v) is 3.96. The zero-order valence-electron chi connectivity index (χ0n) is 12.5. The maximum atomic E-state index is 12.7. The van der Waals surface area contributed by atoms with Gasteiger partial charge in [-0.25, -0.2) is 0 Å². The van der Waals surface area contributed by atoms with Crippen LogP contribution in [0.4, 0.5) is 0 Å². The van der Waals surface area contributed by atoms with Crippen LogP contribution in [0, 0.1) is 5.41 Å². The van der Waals surface area contributed by atoms with E-state index in [2.05, 4.69) is 16.9 Å². The predicted octanol–water partition coefficient (Wildman–Crippen LogP) is 1.84. The van der Waals surface area contributed by atoms with Crippen molar-refractivity contribution in [2.45, 2.75) is 44.8 Å². The molecule has 0 bridgehead atoms. The highest BCUT2D eigenvalue weighted by Gasteiger charge is 2.49. The molecule has 1 amide bonds. The Bertz CT molecular complexity index is 513. The maximum Gasteiger partial charge on any atom is 0.272 e. The SMILES string of the molecule is CO[C@@H]1CC[C@H]2N(C(=O)c3ccnn3C)CC[C@@]2(C)C1. The second-order valence-corrected chi connectivity index (χ2v) is 6.40. The molecule has 2 heterocycles. The minimum atomic E-state index is 0.120. The Balaban J connectivity index is 1.81. The van der Waals surface area contributed by atoms with Gasteiger partial charge < -0.3 is 9.64 Å². The second kappa shape index (κ2) is 4.88. The summed E-state index contributed by atoms with van der Waals surface area (Å²) in [5, 5.41) is 4.10. The fraction of sp³-hybridized carbons (Fsp3) is 0.733. The summed E-state index contributed by atoms with van der Waals surface area (Å²) in [6.45, 7) is 3.15. The molecule has 5 heteroatoms. The number of fused-ring (bicyclic) bond motifs is 1. The van der Waals surface area contributed by atoms with Gasteiger partial charge in [-0.15, -0.1) is 0 Å². The molecule has 1 aliphatic heterocycles. The van der Waals surface area contributed by atoms with E-state index in [4.69, 9.17) is 4.74 Å². The number of nitrogens with zero attached hydrogens (tertiary/aromatic N) is 3. The summed E-state index contributed by atoms with van der Waals surface area (Å²) in [5.41, 5.74) is 0.885. The zero-order chi connectivity index (χ0) is 14.3. The molecule has 0 unspecified atom stereocenters. The normalized spacial score (nSPS) is 33.2. The number of rotatable bonds is 2. The van der Waals surface area contributed by atoms with E-state index in [-0.39, 0.29) is 11.3 Å². The van der Waals surface area contributed by atoms with E-state index in [9.17, 15) is 4.79 Å². The zero-order valence-corrected chi connectivity index (χ0v) is 12.5. The summed E-state index contributed by atoms with van der Waals surface area (Å²) in [5.74, 6) is 0.120. The van der Waals surface area contributed by atoms with Crippen molar-refractivity contribution in [2.75, 3.05) is 13.7 Å². The van der Waals surface area contributed by atoms with Crippen molar-refractivity contribution in [1.29, 1.82) is 0 Å². The number of amides is 1. The molecule has 1 saturated carbocycles. The molecule has 1 aliphatic carbocycles. The fourth-order valence-electron chi connectivity index (χ4n) is 3.96. The minimum Gasteiger partial charge on any atom is -0.381 e. The number of methoxy groups -OCH3 is 1. The first kappa shape index (κ1) is 13.6. The Hall–Kier alpha value is -1.36. The van der Waals surface area contributed by atoms with E-state index < -0.39 is 0 Å². The highest BCUT2D eigenvalue weighted by molar-refractivity contribution is 5.93. The van der Waals surface area contributed by atoms with Crippen LogP contribution in [0.15, 0.2) is 12.3 Å². The molecule has 3 rings (SSSR count). The highest BCUT2D eigenvalue weighted by atomic mass is 16.5. The Morgan fingerprint density at radius 1 is 1.50 bits per heavy atom. The lowest BCUT2D eigenvalue weighted by Crippen LogP contribution is -2.46. The molecule has 110 valence electrons. The third-order valence-electron chi connectivity index (χ3n) is 5.19. The number of aromatic nitrogens is 2. The van der Waals surface area contributed by atoms with Gasteiger partial charge in [0.2, 0.25) is 0 Å². The summed E-state index contributed by atoms with van der Waals surface area (Å²) in [7, 11) is 3.62. The average Bonchev–Trinajstić information content (AvgIpc) is 3.00. The number of carbonyl (C=O) groups is 1. The summed E-state index contributed by atoms with van der Waals surface area (Å²) >= 11 is 0. The number of aryl methyl sites for hydroxylation is 1. The molecule has 1 aromatic rings. The maximum absolute atomic E-state index is 12.7. The van der Waals surface area contributed by atoms with Crippen LogP contribution >= 0.6 is 0 Å². The smallest absolute Gasteiger partial charge is 0.272 e. The van der Waals surface area contributed by atoms with Crippen molar-refractivity contribution in [1.82, 2.24) is 14.7 Å². The van der Waals surface area contributed by atoms with E-state index >= 15 is 0 Å². The third kappa shape index (κ3) is 2.04. The van der Waals surface area contributed by atoms with Gasteiger partial charge in [0.25, 0.3) is 5.91 Å². The van der Waals surface area contributed by atoms with Gasteiger partial charge in [0, 0.05) is 32.9 Å². The van der Waals surface area contributed by atoms with Crippen LogP contribution in [0.3, 0.4) is 0 Å². The Morgan fingerprint density at radius 3 is 2.95 bits per heavy atom. The molecule has 2 fully saturated rings. The van der Waals surface area contributed by atoms with Gasteiger partial charge in [-0.1, -0.05) is 6.92 Å². The Kier molecular flexibility index (Phi) is 3.32. The number of hydrogen-bond acceptors (Lipinski definition) is 3. The number of ether oxygens (including phenoxy) is 1. The average molecular weight is 277 g/mol. The molecule has 20 heavy (non-hydrogen) atoms. The van der Waals surface area contributed by atoms with Gasteiger partial charge in [-0.2, -0.15) is 5.10 Å². The first-order valence-electron chi connectivity index (χ1n) is 7.37. The summed E-state index contributed by atoms with van der Waals surface area (Å²) in [6, 6.07) is 2.15. The van der Waals surface area contributed by atoms with Crippen molar-refractivity contribution >= 4 is 5.91 Å². The van der Waals surface area contributed by atoms with Gasteiger partial charge >= 0.3 is 0 Å². The van der Waals surface area contributed by atoms with Crippen LogP contribution in [0.1, 0.15) is 43.1 Å². The van der Waals surface area contributed by atoms with Crippen LogP contribution in [-0.4, -0.2) is 46.4 Å². The van der Waals surface area contributed by atoms with Crippen LogP contribution in [-0.2, 0) is 11.8 Å². The second-order valence-electron chi connectivity index (χ2n) is 6.40. The van der Waals surface area contributed by atoms with Gasteiger partial charge in [0.15, 0.2) is 0 Å². The number of likely N-dealkylation sites (tertiary alicyclic amines) is 1. The van der Waals surface area contributed by atoms with Crippen molar-refractivity contribution in [3.05, 3.63) is 18.0 Å². The lowest BCUT2D eigenvalue weighted by Gasteiger charge is -2.42. The van der Waals surface area contributed by atoms with Gasteiger partial charge in [-0.05, 0) is 37.2 Å². The van der Waals surface area contributed by atoms with Crippen LogP contribution in [0.2, 0.25) is 0 Å². The molecule has 1 saturated heterocycles. The summed E-state index contributed by atoms with van der Waals surface area (Å²) in [6.07, 6.45) is 6.25. The molecule has 0 spiro atoms. The number of hydrogen-bond donors (Lipinski definition) is 0. The molecule has 0 aromatic carbocycles. The molecular weight excluding hydrogens is 254 g/mol. The molecule has 3 atom stereocenters. The van der Waals surface area contributed by atoms with E-state index in [0.29, 0.717) is 17.8 Å². The van der Waals surface area contributed by atoms with Gasteiger partial charge in [0.1, 0.15) is 5.69 Å². The Labute approximate surface area is 119 Å². The largest absolute Gasteiger partial charge is 0.381 e. The predicted molar refractivity (Wildman–Crippen MR) is 75.4 cm³/mol. The van der Waals surface area contributed by atoms with Crippen molar-refractivity contribution in [3.63, 3.8) is 0 Å². The molecular formula is C15H23N3O2.